The first kappa shape index (κ1) is 47.5. The van der Waals surface area contributed by atoms with Crippen LogP contribution in [-0.4, -0.2) is 13.1 Å². The molecule has 0 heterocycles. The Morgan fingerprint density at radius 2 is 0.413 bits per heavy atom. The molecule has 0 aliphatic heterocycles. The van der Waals surface area contributed by atoms with Gasteiger partial charge in [-0.25, -0.2) is 0 Å². The minimum absolute atomic E-state index is 0.868. The third kappa shape index (κ3) is 50.3. The maximum atomic E-state index is 5.50. The molecule has 0 rings (SSSR count). The highest BCUT2D eigenvalue weighted by Gasteiger charge is 1.94. The highest BCUT2D eigenvalue weighted by atomic mass is 14.5. The molecular formula is C44H90N2. The van der Waals surface area contributed by atoms with E-state index in [9.17, 15) is 0 Å². The molecule has 0 bridgehead atoms. The summed E-state index contributed by atoms with van der Waals surface area (Å²) in [4.78, 5) is 0. The fourth-order valence-electron chi connectivity index (χ4n) is 6.20. The molecule has 0 spiro atoms. The lowest BCUT2D eigenvalue weighted by Crippen LogP contribution is -1.97. The summed E-state index contributed by atoms with van der Waals surface area (Å²) in [6, 6.07) is 0. The maximum absolute atomic E-state index is 5.50. The van der Waals surface area contributed by atoms with Crippen LogP contribution in [0, 0.1) is 0 Å². The first-order valence-corrected chi connectivity index (χ1v) is 21.5. The summed E-state index contributed by atoms with van der Waals surface area (Å²) in [6.07, 6.45) is 59.7. The van der Waals surface area contributed by atoms with E-state index in [0.717, 1.165) is 13.1 Å². The molecule has 0 atom stereocenters. The lowest BCUT2D eigenvalue weighted by atomic mass is 10.1. The molecule has 0 saturated heterocycles. The van der Waals surface area contributed by atoms with Gasteiger partial charge in [-0.3, -0.25) is 0 Å². The molecule has 0 fully saturated rings. The van der Waals surface area contributed by atoms with E-state index in [0.29, 0.717) is 0 Å². The van der Waals surface area contributed by atoms with Crippen molar-refractivity contribution in [3.05, 3.63) is 24.3 Å². The molecule has 0 amide bonds. The Balaban J connectivity index is 0. The van der Waals surface area contributed by atoms with Gasteiger partial charge in [0.05, 0.1) is 0 Å². The fraction of sp³-hybridized carbons (Fsp3) is 0.909. The Kier molecular flexibility index (Phi) is 50.4. The van der Waals surface area contributed by atoms with Crippen molar-refractivity contribution < 1.29 is 0 Å². The molecule has 0 radical (unpaired) electrons. The van der Waals surface area contributed by atoms with Crippen LogP contribution in [0.4, 0.5) is 0 Å². The first-order valence-electron chi connectivity index (χ1n) is 21.5. The highest BCUT2D eigenvalue weighted by Crippen LogP contribution is 2.14. The summed E-state index contributed by atoms with van der Waals surface area (Å²) in [5.74, 6) is 0. The standard InChI is InChI=1S/2C22H45N/c2*1-2-3-4-5-6-7-8-9-10-11-12-13-14-15-16-17-18-19-20-21-22-23/h2*9-10H,2-8,11-23H2,1H3. The van der Waals surface area contributed by atoms with E-state index in [-0.39, 0.29) is 0 Å². The summed E-state index contributed by atoms with van der Waals surface area (Å²) in [5.41, 5.74) is 11.0. The number of hydrogen-bond acceptors (Lipinski definition) is 2. The highest BCUT2D eigenvalue weighted by molar-refractivity contribution is 4.82. The van der Waals surface area contributed by atoms with Gasteiger partial charge in [0.1, 0.15) is 0 Å². The van der Waals surface area contributed by atoms with Crippen LogP contribution >= 0.6 is 0 Å². The summed E-state index contributed by atoms with van der Waals surface area (Å²) in [5, 5.41) is 0. The summed E-state index contributed by atoms with van der Waals surface area (Å²) in [6.45, 7) is 6.31. The molecule has 4 N–H and O–H groups in total. The van der Waals surface area contributed by atoms with Gasteiger partial charge in [-0.2, -0.15) is 0 Å². The van der Waals surface area contributed by atoms with Crippen molar-refractivity contribution in [3.8, 4) is 0 Å². The van der Waals surface area contributed by atoms with Gasteiger partial charge >= 0.3 is 0 Å². The quantitative estimate of drug-likeness (QED) is 0.0518. The fourth-order valence-corrected chi connectivity index (χ4v) is 6.20. The second-order valence-corrected chi connectivity index (χ2v) is 14.3. The van der Waals surface area contributed by atoms with E-state index in [2.05, 4.69) is 38.2 Å². The van der Waals surface area contributed by atoms with Crippen LogP contribution in [0.5, 0.6) is 0 Å². The smallest absolute Gasteiger partial charge is 0.00773 e. The van der Waals surface area contributed by atoms with Crippen LogP contribution in [0.25, 0.3) is 0 Å². The predicted octanol–water partition coefficient (Wildman–Crippen LogP) is 15.1. The zero-order chi connectivity index (χ0) is 33.7. The molecule has 0 aromatic heterocycles. The first-order chi connectivity index (χ1) is 22.8. The third-order valence-electron chi connectivity index (χ3n) is 9.43. The lowest BCUT2D eigenvalue weighted by molar-refractivity contribution is 0.554. The zero-order valence-corrected chi connectivity index (χ0v) is 32.3. The van der Waals surface area contributed by atoms with Gasteiger partial charge < -0.3 is 11.5 Å². The van der Waals surface area contributed by atoms with Crippen molar-refractivity contribution in [1.82, 2.24) is 0 Å². The van der Waals surface area contributed by atoms with Crippen LogP contribution in [0.2, 0.25) is 0 Å². The lowest BCUT2D eigenvalue weighted by Gasteiger charge is -2.01. The summed E-state index contributed by atoms with van der Waals surface area (Å²) >= 11 is 0. The predicted molar refractivity (Wildman–Crippen MR) is 214 cm³/mol. The minimum atomic E-state index is 0.868. The normalized spacial score (nSPS) is 11.6. The van der Waals surface area contributed by atoms with Gasteiger partial charge in [0.15, 0.2) is 0 Å². The third-order valence-corrected chi connectivity index (χ3v) is 9.43. The van der Waals surface area contributed by atoms with Crippen molar-refractivity contribution >= 4 is 0 Å². The van der Waals surface area contributed by atoms with Gasteiger partial charge in [-0.15, -0.1) is 0 Å². The molecule has 0 aromatic carbocycles. The van der Waals surface area contributed by atoms with E-state index in [1.54, 1.807) is 0 Å². The molecule has 0 aliphatic rings. The van der Waals surface area contributed by atoms with Crippen molar-refractivity contribution in [3.63, 3.8) is 0 Å². The van der Waals surface area contributed by atoms with Crippen molar-refractivity contribution in [1.29, 1.82) is 0 Å². The number of allylic oxidation sites excluding steroid dienone is 4. The average molecular weight is 647 g/mol. The topological polar surface area (TPSA) is 52.0 Å². The van der Waals surface area contributed by atoms with Crippen LogP contribution in [0.15, 0.2) is 24.3 Å². The molecule has 0 saturated carbocycles. The van der Waals surface area contributed by atoms with Gasteiger partial charge in [0.2, 0.25) is 0 Å². The SMILES string of the molecule is CCCCCCCCC=CCCCCCCCCCCCCN.CCCCCCCCC=CCCCCCCCCCCCCN. The summed E-state index contributed by atoms with van der Waals surface area (Å²) < 4.78 is 0. The second-order valence-electron chi connectivity index (χ2n) is 14.3. The van der Waals surface area contributed by atoms with E-state index in [1.165, 1.54) is 231 Å². The molecule has 0 aromatic rings. The Morgan fingerprint density at radius 1 is 0.239 bits per heavy atom. The molecule has 2 nitrogen and oxygen atoms in total. The van der Waals surface area contributed by atoms with Crippen LogP contribution in [-0.2, 0) is 0 Å². The molecule has 0 unspecified atom stereocenters. The van der Waals surface area contributed by atoms with E-state index in [1.807, 2.05) is 0 Å². The van der Waals surface area contributed by atoms with Gasteiger partial charge in [0, 0.05) is 0 Å². The van der Waals surface area contributed by atoms with Gasteiger partial charge in [0.25, 0.3) is 0 Å². The molecule has 0 aliphatic carbocycles. The maximum Gasteiger partial charge on any atom is -0.00773 e. The average Bonchev–Trinajstić information content (AvgIpc) is 3.07. The zero-order valence-electron chi connectivity index (χ0n) is 32.3. The number of rotatable bonds is 38. The van der Waals surface area contributed by atoms with Crippen molar-refractivity contribution in [2.45, 2.75) is 245 Å². The molecular weight excluding hydrogens is 556 g/mol. The molecule has 46 heavy (non-hydrogen) atoms. The van der Waals surface area contributed by atoms with Crippen molar-refractivity contribution in [2.75, 3.05) is 13.1 Å². The molecule has 276 valence electrons. The largest absolute Gasteiger partial charge is 0.330 e. The van der Waals surface area contributed by atoms with E-state index < -0.39 is 0 Å². The Hall–Kier alpha value is -0.600. The van der Waals surface area contributed by atoms with Gasteiger partial charge in [-0.05, 0) is 77.3 Å². The van der Waals surface area contributed by atoms with E-state index in [4.69, 9.17) is 11.5 Å². The monoisotopic (exact) mass is 647 g/mol. The van der Waals surface area contributed by atoms with Crippen LogP contribution in [0.3, 0.4) is 0 Å². The van der Waals surface area contributed by atoms with Crippen LogP contribution in [0.1, 0.15) is 245 Å². The number of nitrogens with two attached hydrogens (primary N) is 2. The number of unbranched alkanes of at least 4 members (excludes halogenated alkanes) is 32. The van der Waals surface area contributed by atoms with Gasteiger partial charge in [-0.1, -0.05) is 205 Å². The Labute approximate surface area is 293 Å². The Morgan fingerprint density at radius 3 is 0.609 bits per heavy atom. The molecule has 2 heteroatoms. The van der Waals surface area contributed by atoms with Crippen molar-refractivity contribution in [2.24, 2.45) is 11.5 Å². The second kappa shape index (κ2) is 48.8. The van der Waals surface area contributed by atoms with E-state index >= 15 is 0 Å². The minimum Gasteiger partial charge on any atom is -0.330 e. The summed E-state index contributed by atoms with van der Waals surface area (Å²) in [7, 11) is 0. The Bertz CT molecular complexity index is 492. The van der Waals surface area contributed by atoms with Crippen LogP contribution < -0.4 is 11.5 Å². The number of hydrogen-bond donors (Lipinski definition) is 2.